The van der Waals surface area contributed by atoms with Crippen molar-refractivity contribution in [1.82, 2.24) is 24.3 Å². The zero-order valence-electron chi connectivity index (χ0n) is 20.3. The fourth-order valence-corrected chi connectivity index (χ4v) is 5.41. The van der Waals surface area contributed by atoms with Gasteiger partial charge in [0.15, 0.2) is 5.16 Å². The number of pyridine rings is 1. The maximum atomic E-state index is 13.3. The van der Waals surface area contributed by atoms with Crippen LogP contribution in [0.3, 0.4) is 0 Å². The number of aryl methyl sites for hydroxylation is 1. The highest BCUT2D eigenvalue weighted by atomic mass is 32.2. The van der Waals surface area contributed by atoms with Gasteiger partial charge in [-0.3, -0.25) is 24.0 Å². The smallest absolute Gasteiger partial charge is 0.262 e. The highest BCUT2D eigenvalue weighted by molar-refractivity contribution is 7.99. The summed E-state index contributed by atoms with van der Waals surface area (Å²) in [6.45, 7) is 6.49. The Hall–Kier alpha value is -3.49. The molecule has 0 aliphatic carbocycles. The van der Waals surface area contributed by atoms with Gasteiger partial charge >= 0.3 is 0 Å². The lowest BCUT2D eigenvalue weighted by molar-refractivity contribution is -0.130. The van der Waals surface area contributed by atoms with E-state index in [4.69, 9.17) is 4.98 Å². The van der Waals surface area contributed by atoms with Crippen molar-refractivity contribution >= 4 is 28.6 Å². The number of piperazine rings is 1. The van der Waals surface area contributed by atoms with Gasteiger partial charge in [0.1, 0.15) is 0 Å². The lowest BCUT2D eigenvalue weighted by Gasteiger charge is -2.34. The fourth-order valence-electron chi connectivity index (χ4n) is 4.51. The molecule has 1 fully saturated rings. The first-order valence-corrected chi connectivity index (χ1v) is 13.1. The molecule has 4 aromatic rings. The summed E-state index contributed by atoms with van der Waals surface area (Å²) in [5, 5.41) is 1.12. The second-order valence-corrected chi connectivity index (χ2v) is 10.0. The summed E-state index contributed by atoms with van der Waals surface area (Å²) in [5.41, 5.74) is 4.02. The van der Waals surface area contributed by atoms with Gasteiger partial charge in [0.25, 0.3) is 5.56 Å². The minimum atomic E-state index is -0.107. The second-order valence-electron chi connectivity index (χ2n) is 9.10. The van der Waals surface area contributed by atoms with Crippen molar-refractivity contribution in [2.75, 3.05) is 31.9 Å². The van der Waals surface area contributed by atoms with Crippen LogP contribution >= 0.6 is 11.8 Å². The molecule has 5 rings (SSSR count). The van der Waals surface area contributed by atoms with Gasteiger partial charge in [0, 0.05) is 45.1 Å². The third-order valence-electron chi connectivity index (χ3n) is 6.43. The van der Waals surface area contributed by atoms with Gasteiger partial charge < -0.3 is 4.90 Å². The minimum Gasteiger partial charge on any atom is -0.339 e. The Morgan fingerprint density at radius 3 is 2.53 bits per heavy atom. The number of carbonyl (C=O) groups excluding carboxylic acids is 1. The predicted octanol–water partition coefficient (Wildman–Crippen LogP) is 3.58. The largest absolute Gasteiger partial charge is 0.339 e. The highest BCUT2D eigenvalue weighted by Crippen LogP contribution is 2.20. The molecule has 0 radical (unpaired) electrons. The average Bonchev–Trinajstić information content (AvgIpc) is 2.90. The Kier molecular flexibility index (Phi) is 7.44. The van der Waals surface area contributed by atoms with E-state index in [2.05, 4.69) is 41.1 Å². The van der Waals surface area contributed by atoms with Crippen molar-refractivity contribution in [2.24, 2.45) is 0 Å². The van der Waals surface area contributed by atoms with Crippen LogP contribution in [-0.2, 0) is 17.9 Å². The van der Waals surface area contributed by atoms with Gasteiger partial charge in [0.05, 0.1) is 23.2 Å². The van der Waals surface area contributed by atoms with Gasteiger partial charge in [0.2, 0.25) is 5.91 Å². The normalized spacial score (nSPS) is 14.3. The number of para-hydroxylation sites is 1. The van der Waals surface area contributed by atoms with E-state index in [0.29, 0.717) is 35.7 Å². The lowest BCUT2D eigenvalue weighted by atomic mass is 10.1. The number of hydrogen-bond donors (Lipinski definition) is 0. The number of amides is 1. The molecule has 1 aliphatic rings. The zero-order valence-corrected chi connectivity index (χ0v) is 21.2. The molecule has 1 amide bonds. The number of rotatable bonds is 7. The van der Waals surface area contributed by atoms with E-state index in [9.17, 15) is 9.59 Å². The van der Waals surface area contributed by atoms with Gasteiger partial charge in [-0.1, -0.05) is 59.8 Å². The van der Waals surface area contributed by atoms with Crippen LogP contribution in [0.2, 0.25) is 0 Å². The average molecular weight is 500 g/mol. The third-order valence-corrected chi connectivity index (χ3v) is 7.39. The van der Waals surface area contributed by atoms with Gasteiger partial charge in [-0.05, 0) is 36.2 Å². The number of aromatic nitrogens is 3. The molecule has 0 saturated carbocycles. The van der Waals surface area contributed by atoms with Gasteiger partial charge in [-0.15, -0.1) is 0 Å². The van der Waals surface area contributed by atoms with Crippen LogP contribution in [0.15, 0.2) is 83.0 Å². The monoisotopic (exact) mass is 499 g/mol. The van der Waals surface area contributed by atoms with Crippen LogP contribution in [0, 0.1) is 6.92 Å². The molecule has 0 atom stereocenters. The second kappa shape index (κ2) is 11.1. The standard InChI is InChI=1S/C28H29N5O2S/c1-21-6-4-7-22(16-21)18-31-12-14-32(15-13-31)26(34)20-36-28-30-25-10-3-2-9-24(25)27(35)33(28)19-23-8-5-11-29-17-23/h2-11,16-17H,12-15,18-20H2,1H3. The summed E-state index contributed by atoms with van der Waals surface area (Å²) < 4.78 is 1.65. The Labute approximate surface area is 214 Å². The van der Waals surface area contributed by atoms with E-state index in [1.165, 1.54) is 22.9 Å². The lowest BCUT2D eigenvalue weighted by Crippen LogP contribution is -2.48. The van der Waals surface area contributed by atoms with Crippen molar-refractivity contribution < 1.29 is 4.79 Å². The van der Waals surface area contributed by atoms with E-state index < -0.39 is 0 Å². The molecule has 1 aliphatic heterocycles. The molecule has 0 spiro atoms. The maximum Gasteiger partial charge on any atom is 0.262 e. The molecule has 0 bridgehead atoms. The molecule has 184 valence electrons. The maximum absolute atomic E-state index is 13.3. The predicted molar refractivity (Wildman–Crippen MR) is 143 cm³/mol. The summed E-state index contributed by atoms with van der Waals surface area (Å²) in [6, 6.07) is 19.7. The van der Waals surface area contributed by atoms with E-state index in [0.717, 1.165) is 25.2 Å². The van der Waals surface area contributed by atoms with E-state index in [1.807, 2.05) is 35.2 Å². The Bertz CT molecular complexity index is 1410. The topological polar surface area (TPSA) is 71.3 Å². The molecule has 7 nitrogen and oxygen atoms in total. The minimum absolute atomic E-state index is 0.0746. The molecule has 1 saturated heterocycles. The molecule has 2 aromatic carbocycles. The van der Waals surface area contributed by atoms with Crippen LogP contribution in [0.1, 0.15) is 16.7 Å². The highest BCUT2D eigenvalue weighted by Gasteiger charge is 2.22. The van der Waals surface area contributed by atoms with E-state index in [1.54, 1.807) is 23.0 Å². The van der Waals surface area contributed by atoms with Crippen molar-refractivity contribution in [3.63, 3.8) is 0 Å². The van der Waals surface area contributed by atoms with E-state index in [-0.39, 0.29) is 17.2 Å². The van der Waals surface area contributed by atoms with Gasteiger partial charge in [-0.25, -0.2) is 4.98 Å². The molecule has 0 unspecified atom stereocenters. The van der Waals surface area contributed by atoms with Crippen LogP contribution in [-0.4, -0.2) is 62.2 Å². The number of hydrogen-bond acceptors (Lipinski definition) is 6. The SMILES string of the molecule is Cc1cccc(CN2CCN(C(=O)CSc3nc4ccccc4c(=O)n3Cc3cccnc3)CC2)c1. The van der Waals surface area contributed by atoms with Crippen LogP contribution in [0.5, 0.6) is 0 Å². The van der Waals surface area contributed by atoms with E-state index >= 15 is 0 Å². The molecule has 2 aromatic heterocycles. The molecular formula is C28H29N5O2S. The van der Waals surface area contributed by atoms with Crippen molar-refractivity contribution in [3.8, 4) is 0 Å². The number of benzene rings is 2. The zero-order chi connectivity index (χ0) is 24.9. The summed E-state index contributed by atoms with van der Waals surface area (Å²) in [7, 11) is 0. The molecule has 0 N–H and O–H groups in total. The Balaban J connectivity index is 1.25. The molecule has 3 heterocycles. The fraction of sp³-hybridized carbons (Fsp3) is 0.286. The number of thioether (sulfide) groups is 1. The Morgan fingerprint density at radius 2 is 1.75 bits per heavy atom. The number of carbonyl (C=O) groups is 1. The molecule has 8 heteroatoms. The Morgan fingerprint density at radius 1 is 0.944 bits per heavy atom. The van der Waals surface area contributed by atoms with Crippen molar-refractivity contribution in [2.45, 2.75) is 25.2 Å². The summed E-state index contributed by atoms with van der Waals surface area (Å²) in [5.74, 6) is 0.320. The van der Waals surface area contributed by atoms with Crippen LogP contribution in [0.4, 0.5) is 0 Å². The van der Waals surface area contributed by atoms with Crippen LogP contribution in [0.25, 0.3) is 10.9 Å². The summed E-state index contributed by atoms with van der Waals surface area (Å²) in [6.07, 6.45) is 3.46. The summed E-state index contributed by atoms with van der Waals surface area (Å²) in [4.78, 5) is 39.6. The van der Waals surface area contributed by atoms with Crippen molar-refractivity contribution in [3.05, 3.63) is 100 Å². The number of fused-ring (bicyclic) bond motifs is 1. The first-order valence-electron chi connectivity index (χ1n) is 12.1. The first kappa shape index (κ1) is 24.2. The number of nitrogens with zero attached hydrogens (tertiary/aromatic N) is 5. The summed E-state index contributed by atoms with van der Waals surface area (Å²) >= 11 is 1.33. The first-order chi connectivity index (χ1) is 17.6. The molecule has 36 heavy (non-hydrogen) atoms. The van der Waals surface area contributed by atoms with Gasteiger partial charge in [-0.2, -0.15) is 0 Å². The van der Waals surface area contributed by atoms with Crippen molar-refractivity contribution in [1.29, 1.82) is 0 Å². The quantitative estimate of drug-likeness (QED) is 0.286. The third kappa shape index (κ3) is 5.66. The molecular weight excluding hydrogens is 470 g/mol. The van der Waals surface area contributed by atoms with Crippen LogP contribution < -0.4 is 5.56 Å².